The van der Waals surface area contributed by atoms with Crippen LogP contribution in [0.15, 0.2) is 54.6 Å². The highest BCUT2D eigenvalue weighted by Gasteiger charge is 2.46. The van der Waals surface area contributed by atoms with Gasteiger partial charge in [-0.1, -0.05) is 29.7 Å². The number of anilines is 2. The molecule has 6 aliphatic heterocycles. The number of amides is 3. The molecule has 4 aromatic carbocycles. The van der Waals surface area contributed by atoms with Crippen LogP contribution < -0.4 is 25.2 Å². The highest BCUT2D eigenvalue weighted by Crippen LogP contribution is 2.48. The number of aromatic nitrogens is 2. The van der Waals surface area contributed by atoms with Crippen molar-refractivity contribution in [3.8, 4) is 35.2 Å². The molecule has 2 bridgehead atoms. The number of aromatic hydroxyl groups is 1. The second-order valence-electron chi connectivity index (χ2n) is 21.2. The average molecular weight is 981 g/mol. The number of phenols is 1. The Labute approximate surface area is 417 Å². The molecule has 2 unspecified atom stereocenters. The van der Waals surface area contributed by atoms with Crippen molar-refractivity contribution in [2.24, 2.45) is 11.3 Å². The summed E-state index contributed by atoms with van der Waals surface area (Å²) in [6.07, 6.45) is 14.3. The molecule has 1 saturated carbocycles. The number of hydrogen-bond acceptors (Lipinski definition) is 12. The number of piperidine rings is 2. The van der Waals surface area contributed by atoms with Gasteiger partial charge in [-0.05, 0) is 136 Å². The molecule has 16 heteroatoms. The van der Waals surface area contributed by atoms with Crippen LogP contribution in [0, 0.1) is 29.5 Å². The molecule has 5 saturated heterocycles. The normalized spacial score (nSPS) is 23.6. The highest BCUT2D eigenvalue weighted by molar-refractivity contribution is 6.35. The lowest BCUT2D eigenvalue weighted by Crippen LogP contribution is -2.52. The molecule has 1 aromatic heterocycles. The smallest absolute Gasteiger partial charge is 0.319 e. The van der Waals surface area contributed by atoms with Gasteiger partial charge in [-0.15, -0.1) is 6.42 Å². The van der Waals surface area contributed by atoms with E-state index in [9.17, 15) is 19.5 Å². The van der Waals surface area contributed by atoms with Crippen LogP contribution >= 0.6 is 11.6 Å². The molecule has 3 amide bonds. The maximum atomic E-state index is 17.4. The Kier molecular flexibility index (Phi) is 12.0. The number of carbonyl (C=O) groups is 3. The van der Waals surface area contributed by atoms with Crippen LogP contribution in [-0.4, -0.2) is 138 Å². The number of terminal acetylenes is 1. The van der Waals surface area contributed by atoms with Gasteiger partial charge >= 0.3 is 6.01 Å². The molecule has 7 heterocycles. The number of hydrogen-bond donors (Lipinski definition) is 3. The predicted octanol–water partition coefficient (Wildman–Crippen LogP) is 6.71. The summed E-state index contributed by atoms with van der Waals surface area (Å²) in [7, 11) is 0. The van der Waals surface area contributed by atoms with Crippen molar-refractivity contribution in [3.63, 3.8) is 0 Å². The lowest BCUT2D eigenvalue weighted by atomic mass is 9.92. The van der Waals surface area contributed by atoms with Gasteiger partial charge in [-0.2, -0.15) is 9.97 Å². The number of carbonyl (C=O) groups excluding carboxylic acids is 3. The number of nitrogens with one attached hydrogen (secondary N) is 2. The van der Waals surface area contributed by atoms with Crippen LogP contribution in [0.25, 0.3) is 32.8 Å². The first-order valence-electron chi connectivity index (χ1n) is 25.5. The third kappa shape index (κ3) is 8.91. The van der Waals surface area contributed by atoms with Gasteiger partial charge in [0.25, 0.3) is 5.91 Å². The van der Waals surface area contributed by atoms with Crippen LogP contribution in [0.1, 0.15) is 79.3 Å². The number of rotatable bonds is 12. The molecular formula is C55H59ClFN9O5. The maximum absolute atomic E-state index is 17.4. The topological polar surface area (TPSA) is 147 Å². The van der Waals surface area contributed by atoms with Crippen LogP contribution in [0.5, 0.6) is 11.8 Å². The molecule has 3 atom stereocenters. The molecular weight excluding hydrogens is 921 g/mol. The van der Waals surface area contributed by atoms with E-state index in [0.717, 1.165) is 102 Å². The number of fused-ring (bicyclic) bond motifs is 5. The number of nitrogens with zero attached hydrogens (tertiary/aromatic N) is 7. The Hall–Kier alpha value is -6.05. The second-order valence-corrected chi connectivity index (χ2v) is 21.6. The Balaban J connectivity index is 0.669. The van der Waals surface area contributed by atoms with Crippen molar-refractivity contribution < 1.29 is 28.6 Å². The number of piperazine rings is 2. The quantitative estimate of drug-likeness (QED) is 0.0902. The van der Waals surface area contributed by atoms with E-state index >= 15 is 4.39 Å². The van der Waals surface area contributed by atoms with Gasteiger partial charge < -0.3 is 34.8 Å². The zero-order chi connectivity index (χ0) is 48.5. The SMILES string of the molecule is C#Cc1cccc2cc(O)cc(-c3c(Cl)cc4c(N5CC6CCC(C5)N6)nc(OCC5(CN6CCC(CCN7CCN(c8ccc9c(c8)CN([C@H]8CCC(=O)NC8=O)C9=O)CC7)CC6)CC5)nc4c3F)c12. The fourth-order valence-electron chi connectivity index (χ4n) is 12.4. The van der Waals surface area contributed by atoms with E-state index in [4.69, 9.17) is 32.7 Å². The van der Waals surface area contributed by atoms with Crippen molar-refractivity contribution in [1.29, 1.82) is 0 Å². The van der Waals surface area contributed by atoms with Gasteiger partial charge in [0.05, 0.1) is 11.6 Å². The van der Waals surface area contributed by atoms with Crippen molar-refractivity contribution >= 4 is 62.5 Å². The summed E-state index contributed by atoms with van der Waals surface area (Å²) in [4.78, 5) is 58.7. The van der Waals surface area contributed by atoms with Crippen LogP contribution in [0.3, 0.4) is 0 Å². The van der Waals surface area contributed by atoms with Gasteiger partial charge in [-0.25, -0.2) is 4.39 Å². The number of halogens is 2. The maximum Gasteiger partial charge on any atom is 0.319 e. The van der Waals surface area contributed by atoms with E-state index in [-0.39, 0.29) is 57.4 Å². The molecule has 5 aromatic rings. The van der Waals surface area contributed by atoms with Crippen LogP contribution in [0.4, 0.5) is 15.9 Å². The molecule has 71 heavy (non-hydrogen) atoms. The number of imide groups is 1. The molecule has 14 nitrogen and oxygen atoms in total. The Morgan fingerprint density at radius 2 is 1.68 bits per heavy atom. The number of ether oxygens (including phenoxy) is 1. The first kappa shape index (κ1) is 46.0. The van der Waals surface area contributed by atoms with Gasteiger partial charge in [-0.3, -0.25) is 24.6 Å². The zero-order valence-electron chi connectivity index (χ0n) is 39.9. The zero-order valence-corrected chi connectivity index (χ0v) is 40.7. The van der Waals surface area contributed by atoms with E-state index in [2.05, 4.69) is 42.2 Å². The van der Waals surface area contributed by atoms with Crippen molar-refractivity contribution in [3.05, 3.63) is 82.1 Å². The first-order chi connectivity index (χ1) is 34.5. The molecule has 0 radical (unpaired) electrons. The third-order valence-corrected chi connectivity index (χ3v) is 16.9. The largest absolute Gasteiger partial charge is 0.508 e. The Morgan fingerprint density at radius 1 is 0.887 bits per heavy atom. The van der Waals surface area contributed by atoms with Crippen molar-refractivity contribution in [2.75, 3.05) is 81.9 Å². The summed E-state index contributed by atoms with van der Waals surface area (Å²) < 4.78 is 23.9. The predicted molar refractivity (Wildman–Crippen MR) is 271 cm³/mol. The van der Waals surface area contributed by atoms with Gasteiger partial charge in [0.15, 0.2) is 5.82 Å². The third-order valence-electron chi connectivity index (χ3n) is 16.6. The van der Waals surface area contributed by atoms with Gasteiger partial charge in [0.2, 0.25) is 11.8 Å². The van der Waals surface area contributed by atoms with Gasteiger partial charge in [0, 0.05) is 109 Å². The molecule has 6 fully saturated rings. The lowest BCUT2D eigenvalue weighted by Gasteiger charge is -2.38. The fraction of sp³-hybridized carbons (Fsp3) is 0.473. The standard InChI is InChI=1S/C55H59ClFN9O5/c1-2-34-4-3-5-35-25-40(67)26-42(47(34)35)48-44(56)27-43-50(49(48)57)60-54(61-51(43)65-29-37-6-7-38(30-65)58-37)71-32-55(15-16-55)31-63-18-13-33(14-19-63)12-17-62-20-22-64(23-21-62)39-8-9-41-36(24-39)28-66(53(41)70)45-10-11-46(68)59-52(45)69/h1,3-5,8-9,24-27,33,37-38,45,58,67H,6-7,10-23,28-32H2,(H,59,68,69)/t37?,38?,45-/m0/s1. The van der Waals surface area contributed by atoms with Crippen molar-refractivity contribution in [1.82, 2.24) is 35.3 Å². The lowest BCUT2D eigenvalue weighted by molar-refractivity contribution is -0.136. The highest BCUT2D eigenvalue weighted by atomic mass is 35.5. The molecule has 1 aliphatic carbocycles. The average Bonchev–Trinajstić information content (AvgIpc) is 3.95. The molecule has 12 rings (SSSR count). The summed E-state index contributed by atoms with van der Waals surface area (Å²) in [5.74, 6) is 2.59. The summed E-state index contributed by atoms with van der Waals surface area (Å²) >= 11 is 7.04. The van der Waals surface area contributed by atoms with Gasteiger partial charge in [0.1, 0.15) is 23.1 Å². The Morgan fingerprint density at radius 3 is 2.42 bits per heavy atom. The van der Waals surface area contributed by atoms with E-state index < -0.39 is 11.9 Å². The van der Waals surface area contributed by atoms with E-state index in [1.807, 2.05) is 24.3 Å². The fourth-order valence-corrected chi connectivity index (χ4v) is 12.7. The summed E-state index contributed by atoms with van der Waals surface area (Å²) in [6.45, 7) is 10.3. The summed E-state index contributed by atoms with van der Waals surface area (Å²) in [5, 5.41) is 18.9. The first-order valence-corrected chi connectivity index (χ1v) is 25.9. The minimum absolute atomic E-state index is 0.00372. The molecule has 3 N–H and O–H groups in total. The number of benzene rings is 4. The number of phenolic OH excluding ortho intramolecular Hbond substituents is 1. The monoisotopic (exact) mass is 979 g/mol. The van der Waals surface area contributed by atoms with E-state index in [1.165, 1.54) is 25.3 Å². The Bertz CT molecular complexity index is 3000. The molecule has 0 spiro atoms. The number of likely N-dealkylation sites (tertiary alicyclic amines) is 1. The van der Waals surface area contributed by atoms with Crippen LogP contribution in [0.2, 0.25) is 5.02 Å². The molecule has 7 aliphatic rings. The van der Waals surface area contributed by atoms with E-state index in [1.54, 1.807) is 23.1 Å². The minimum Gasteiger partial charge on any atom is -0.508 e. The summed E-state index contributed by atoms with van der Waals surface area (Å²) in [6, 6.07) is 16.6. The van der Waals surface area contributed by atoms with Crippen molar-refractivity contribution in [2.45, 2.75) is 82.5 Å². The second kappa shape index (κ2) is 18.5. The molecule has 368 valence electrons. The van der Waals surface area contributed by atoms with E-state index in [0.29, 0.717) is 76.2 Å². The van der Waals surface area contributed by atoms with Crippen LogP contribution in [-0.2, 0) is 16.1 Å². The minimum atomic E-state index is -0.610. The summed E-state index contributed by atoms with van der Waals surface area (Å²) in [5.41, 5.74) is 3.91.